The number of allylic oxidation sites excluding steroid dienone is 1. The molecule has 4 heterocycles. The Balaban J connectivity index is 1.76. The number of nitrogens with one attached hydrogen (secondary N) is 1. The van der Waals surface area contributed by atoms with Gasteiger partial charge in [0.2, 0.25) is 5.88 Å². The second kappa shape index (κ2) is 7.23. The van der Waals surface area contributed by atoms with Crippen LogP contribution in [-0.4, -0.2) is 31.8 Å². The Morgan fingerprint density at radius 2 is 2.10 bits per heavy atom. The van der Waals surface area contributed by atoms with E-state index in [-0.39, 0.29) is 0 Å². The molecule has 0 aliphatic rings. The number of nitrogens with zero attached hydrogens (tertiary/aromatic N) is 6. The smallest absolute Gasteiger partial charge is 0.215 e. The van der Waals surface area contributed by atoms with Gasteiger partial charge in [0.1, 0.15) is 23.0 Å². The lowest BCUT2D eigenvalue weighted by molar-refractivity contribution is 0.398. The minimum absolute atomic E-state index is 0.366. The van der Waals surface area contributed by atoms with E-state index >= 15 is 0 Å². The van der Waals surface area contributed by atoms with Gasteiger partial charge in [0.15, 0.2) is 0 Å². The Bertz CT molecular complexity index is 1340. The summed E-state index contributed by atoms with van der Waals surface area (Å²) in [6.07, 6.45) is 5.02. The molecule has 9 heteroatoms. The van der Waals surface area contributed by atoms with Crippen molar-refractivity contribution in [3.63, 3.8) is 0 Å². The SMILES string of the molecule is COc1cc2nc(C(C#N)=Cc3cnn(-c4sc(C)cc4C#N)c3C)[nH]c2cn1. The largest absolute Gasteiger partial charge is 0.481 e. The number of H-pyrrole nitrogens is 1. The molecule has 0 aliphatic carbocycles. The summed E-state index contributed by atoms with van der Waals surface area (Å²) >= 11 is 1.50. The molecule has 4 aromatic rings. The summed E-state index contributed by atoms with van der Waals surface area (Å²) < 4.78 is 6.84. The highest BCUT2D eigenvalue weighted by Gasteiger charge is 2.15. The van der Waals surface area contributed by atoms with Gasteiger partial charge in [-0.1, -0.05) is 0 Å². The molecule has 142 valence electrons. The van der Waals surface area contributed by atoms with Crippen molar-refractivity contribution in [1.82, 2.24) is 24.7 Å². The summed E-state index contributed by atoms with van der Waals surface area (Å²) in [5.41, 5.74) is 3.91. The third-order valence-corrected chi connectivity index (χ3v) is 5.45. The van der Waals surface area contributed by atoms with Crippen molar-refractivity contribution in [1.29, 1.82) is 10.5 Å². The maximum atomic E-state index is 9.68. The van der Waals surface area contributed by atoms with Crippen LogP contribution in [0.1, 0.15) is 27.5 Å². The molecule has 0 atom stereocenters. The van der Waals surface area contributed by atoms with E-state index in [0.29, 0.717) is 33.9 Å². The molecule has 4 aromatic heterocycles. The summed E-state index contributed by atoms with van der Waals surface area (Å²) in [5, 5.41) is 24.2. The number of thiophene rings is 1. The Morgan fingerprint density at radius 1 is 1.28 bits per heavy atom. The van der Waals surface area contributed by atoms with Gasteiger partial charge in [-0.05, 0) is 26.0 Å². The molecular weight excluding hydrogens is 386 g/mol. The van der Waals surface area contributed by atoms with E-state index in [1.54, 1.807) is 29.2 Å². The average Bonchev–Trinajstić information content (AvgIpc) is 3.41. The molecule has 29 heavy (non-hydrogen) atoms. The van der Waals surface area contributed by atoms with Gasteiger partial charge in [-0.15, -0.1) is 11.3 Å². The van der Waals surface area contributed by atoms with E-state index in [1.165, 1.54) is 18.4 Å². The maximum Gasteiger partial charge on any atom is 0.215 e. The van der Waals surface area contributed by atoms with Gasteiger partial charge in [-0.25, -0.2) is 14.6 Å². The Hall–Kier alpha value is -3.95. The highest BCUT2D eigenvalue weighted by atomic mass is 32.1. The Labute approximate surface area is 170 Å². The van der Waals surface area contributed by atoms with Gasteiger partial charge in [0, 0.05) is 22.2 Å². The maximum absolute atomic E-state index is 9.68. The van der Waals surface area contributed by atoms with Crippen LogP contribution in [0.15, 0.2) is 24.5 Å². The number of nitriles is 2. The quantitative estimate of drug-likeness (QED) is 0.520. The number of hydrogen-bond acceptors (Lipinski definition) is 7. The van der Waals surface area contributed by atoms with Gasteiger partial charge in [0.25, 0.3) is 0 Å². The summed E-state index contributed by atoms with van der Waals surface area (Å²) in [5.74, 6) is 0.893. The molecule has 0 saturated carbocycles. The van der Waals surface area contributed by atoms with Crippen molar-refractivity contribution in [2.75, 3.05) is 7.11 Å². The molecule has 1 N–H and O–H groups in total. The zero-order valence-corrected chi connectivity index (χ0v) is 16.7. The number of fused-ring (bicyclic) bond motifs is 1. The van der Waals surface area contributed by atoms with Gasteiger partial charge >= 0.3 is 0 Å². The molecule has 0 bridgehead atoms. The number of aryl methyl sites for hydroxylation is 1. The first-order chi connectivity index (χ1) is 14.0. The van der Waals surface area contributed by atoms with E-state index in [9.17, 15) is 10.5 Å². The second-order valence-electron chi connectivity index (χ2n) is 6.28. The number of aromatic amines is 1. The van der Waals surface area contributed by atoms with E-state index in [1.807, 2.05) is 19.9 Å². The highest BCUT2D eigenvalue weighted by molar-refractivity contribution is 7.14. The fourth-order valence-corrected chi connectivity index (χ4v) is 3.91. The topological polar surface area (TPSA) is 116 Å². The van der Waals surface area contributed by atoms with Crippen LogP contribution < -0.4 is 4.74 Å². The normalized spacial score (nSPS) is 11.4. The van der Waals surface area contributed by atoms with Crippen LogP contribution in [0.4, 0.5) is 0 Å². The van der Waals surface area contributed by atoms with Crippen LogP contribution in [0.5, 0.6) is 5.88 Å². The van der Waals surface area contributed by atoms with E-state index in [2.05, 4.69) is 32.2 Å². The summed E-state index contributed by atoms with van der Waals surface area (Å²) in [6, 6.07) is 7.94. The zero-order chi connectivity index (χ0) is 20.5. The second-order valence-corrected chi connectivity index (χ2v) is 7.52. The Kier molecular flexibility index (Phi) is 4.59. The van der Waals surface area contributed by atoms with Crippen molar-refractivity contribution >= 4 is 34.0 Å². The number of methoxy groups -OCH3 is 1. The van der Waals surface area contributed by atoms with Crippen LogP contribution in [-0.2, 0) is 0 Å². The van der Waals surface area contributed by atoms with Gasteiger partial charge in [-0.2, -0.15) is 15.6 Å². The molecule has 8 nitrogen and oxygen atoms in total. The van der Waals surface area contributed by atoms with E-state index in [4.69, 9.17) is 4.74 Å². The zero-order valence-electron chi connectivity index (χ0n) is 15.9. The molecule has 0 radical (unpaired) electrons. The number of hydrogen-bond donors (Lipinski definition) is 1. The van der Waals surface area contributed by atoms with Gasteiger partial charge < -0.3 is 9.72 Å². The lowest BCUT2D eigenvalue weighted by Crippen LogP contribution is -1.98. The molecule has 0 aliphatic heterocycles. The molecule has 0 fully saturated rings. The Morgan fingerprint density at radius 3 is 2.83 bits per heavy atom. The van der Waals surface area contributed by atoms with Crippen molar-refractivity contribution in [3.8, 4) is 23.0 Å². The standard InChI is InChI=1S/C20H15N7OS/c1-11-4-14(8-22)20(29-11)27-12(2)15(9-24-27)5-13(7-21)19-25-16-6-18(28-3)23-10-17(16)26-19/h4-6,9-10H,1-3H3,(H,25,26). The number of pyridine rings is 1. The molecule has 0 saturated heterocycles. The van der Waals surface area contributed by atoms with Gasteiger partial charge in [0.05, 0.1) is 41.7 Å². The number of rotatable bonds is 4. The first-order valence-corrected chi connectivity index (χ1v) is 9.43. The fraction of sp³-hybridized carbons (Fsp3) is 0.150. The minimum atomic E-state index is 0.366. The predicted octanol–water partition coefficient (Wildman–Crippen LogP) is 3.77. The van der Waals surface area contributed by atoms with Crippen LogP contribution in [0.2, 0.25) is 0 Å². The predicted molar refractivity (Wildman–Crippen MR) is 110 cm³/mol. The highest BCUT2D eigenvalue weighted by Crippen LogP contribution is 2.28. The number of imidazole rings is 1. The fourth-order valence-electron chi connectivity index (χ4n) is 2.95. The average molecular weight is 401 g/mol. The van der Waals surface area contributed by atoms with Crippen LogP contribution in [0, 0.1) is 36.5 Å². The van der Waals surface area contributed by atoms with Crippen LogP contribution >= 0.6 is 11.3 Å². The lowest BCUT2D eigenvalue weighted by atomic mass is 10.1. The third-order valence-electron chi connectivity index (χ3n) is 4.42. The number of aromatic nitrogens is 5. The summed E-state index contributed by atoms with van der Waals surface area (Å²) in [7, 11) is 1.54. The van der Waals surface area contributed by atoms with Crippen molar-refractivity contribution in [3.05, 3.63) is 52.0 Å². The van der Waals surface area contributed by atoms with Crippen molar-refractivity contribution in [2.24, 2.45) is 0 Å². The number of ether oxygens (including phenoxy) is 1. The van der Waals surface area contributed by atoms with Crippen molar-refractivity contribution < 1.29 is 4.74 Å². The first kappa shape index (κ1) is 18.4. The van der Waals surface area contributed by atoms with Crippen LogP contribution in [0.3, 0.4) is 0 Å². The lowest BCUT2D eigenvalue weighted by Gasteiger charge is -2.02. The van der Waals surface area contributed by atoms with Gasteiger partial charge in [-0.3, -0.25) is 0 Å². The molecular formula is C20H15N7OS. The molecule has 0 amide bonds. The summed E-state index contributed by atoms with van der Waals surface area (Å²) in [4.78, 5) is 12.8. The molecule has 0 spiro atoms. The van der Waals surface area contributed by atoms with E-state index in [0.717, 1.165) is 21.1 Å². The molecule has 4 rings (SSSR count). The van der Waals surface area contributed by atoms with E-state index < -0.39 is 0 Å². The van der Waals surface area contributed by atoms with Crippen molar-refractivity contribution in [2.45, 2.75) is 13.8 Å². The monoisotopic (exact) mass is 401 g/mol. The first-order valence-electron chi connectivity index (χ1n) is 8.61. The van der Waals surface area contributed by atoms with Crippen LogP contribution in [0.25, 0.3) is 27.7 Å². The molecule has 0 aromatic carbocycles. The summed E-state index contributed by atoms with van der Waals surface area (Å²) in [6.45, 7) is 3.85. The third kappa shape index (κ3) is 3.24. The molecule has 0 unspecified atom stereocenters. The minimum Gasteiger partial charge on any atom is -0.481 e.